The van der Waals surface area contributed by atoms with E-state index in [4.69, 9.17) is 4.74 Å². The van der Waals surface area contributed by atoms with Gasteiger partial charge in [-0.3, -0.25) is 0 Å². The first-order valence-electron chi connectivity index (χ1n) is 7.19. The van der Waals surface area contributed by atoms with Gasteiger partial charge in [0.05, 0.1) is 18.2 Å². The Bertz CT molecular complexity index is 897. The molecule has 0 aliphatic rings. The summed E-state index contributed by atoms with van der Waals surface area (Å²) in [7, 11) is 1.28. The molecule has 3 rings (SSSR count). The van der Waals surface area contributed by atoms with Crippen molar-refractivity contribution >= 4 is 16.7 Å². The molecule has 0 aromatic heterocycles. The number of carbonyl (C=O) groups excluding carboxylic acids is 1. The van der Waals surface area contributed by atoms with Crippen LogP contribution >= 0.6 is 0 Å². The lowest BCUT2D eigenvalue weighted by Crippen LogP contribution is -2.06. The zero-order valence-electron chi connectivity index (χ0n) is 12.7. The predicted octanol–water partition coefficient (Wildman–Crippen LogP) is 5.31. The number of hydrogen-bond donors (Lipinski definition) is 0. The van der Waals surface area contributed by atoms with Crippen molar-refractivity contribution in [3.8, 4) is 11.1 Å². The van der Waals surface area contributed by atoms with Gasteiger partial charge in [-0.2, -0.15) is 13.2 Å². The number of esters is 1. The Kier molecular flexibility index (Phi) is 4.01. The number of methoxy groups -OCH3 is 1. The van der Waals surface area contributed by atoms with E-state index in [9.17, 15) is 18.0 Å². The van der Waals surface area contributed by atoms with Crippen molar-refractivity contribution in [1.82, 2.24) is 0 Å². The average molecular weight is 330 g/mol. The molecule has 0 spiro atoms. The Labute approximate surface area is 136 Å². The summed E-state index contributed by atoms with van der Waals surface area (Å²) in [5, 5.41) is 1.55. The van der Waals surface area contributed by atoms with Crippen LogP contribution in [0.15, 0.2) is 60.7 Å². The van der Waals surface area contributed by atoms with Crippen molar-refractivity contribution in [1.29, 1.82) is 0 Å². The minimum Gasteiger partial charge on any atom is -0.465 e. The first-order valence-corrected chi connectivity index (χ1v) is 7.19. The van der Waals surface area contributed by atoms with Gasteiger partial charge in [-0.1, -0.05) is 48.5 Å². The van der Waals surface area contributed by atoms with Gasteiger partial charge < -0.3 is 4.74 Å². The van der Waals surface area contributed by atoms with Crippen LogP contribution in [0.2, 0.25) is 0 Å². The molecular weight excluding hydrogens is 317 g/mol. The van der Waals surface area contributed by atoms with Crippen molar-refractivity contribution < 1.29 is 22.7 Å². The Morgan fingerprint density at radius 1 is 0.917 bits per heavy atom. The van der Waals surface area contributed by atoms with E-state index in [0.717, 1.165) is 17.5 Å². The maximum atomic E-state index is 12.7. The standard InChI is InChI=1S/C19H13F3O2/c1-24-18(23)17-15-5-3-2-4-12(15)8-11-16(17)13-6-9-14(10-7-13)19(20,21)22/h2-11H,1H3. The monoisotopic (exact) mass is 330 g/mol. The molecule has 0 radical (unpaired) electrons. The Morgan fingerprint density at radius 2 is 1.58 bits per heavy atom. The van der Waals surface area contributed by atoms with Gasteiger partial charge in [-0.05, 0) is 34.0 Å². The van der Waals surface area contributed by atoms with Crippen molar-refractivity contribution in [3.05, 3.63) is 71.8 Å². The summed E-state index contributed by atoms with van der Waals surface area (Å²) in [6.07, 6.45) is -4.40. The number of fused-ring (bicyclic) bond motifs is 1. The molecule has 0 saturated carbocycles. The highest BCUT2D eigenvalue weighted by molar-refractivity contribution is 6.10. The second-order valence-corrected chi connectivity index (χ2v) is 5.28. The smallest absolute Gasteiger partial charge is 0.416 e. The van der Waals surface area contributed by atoms with Crippen LogP contribution in [0.5, 0.6) is 0 Å². The van der Waals surface area contributed by atoms with Gasteiger partial charge in [-0.25, -0.2) is 4.79 Å². The summed E-state index contributed by atoms with van der Waals surface area (Å²) in [5.74, 6) is -0.526. The molecule has 0 aliphatic heterocycles. The fourth-order valence-corrected chi connectivity index (χ4v) is 2.67. The molecule has 0 atom stereocenters. The van der Waals surface area contributed by atoms with Crippen LogP contribution in [-0.4, -0.2) is 13.1 Å². The van der Waals surface area contributed by atoms with Crippen molar-refractivity contribution in [3.63, 3.8) is 0 Å². The fourth-order valence-electron chi connectivity index (χ4n) is 2.67. The zero-order chi connectivity index (χ0) is 17.3. The zero-order valence-corrected chi connectivity index (χ0v) is 12.7. The van der Waals surface area contributed by atoms with E-state index in [1.54, 1.807) is 18.2 Å². The fraction of sp³-hybridized carbons (Fsp3) is 0.105. The summed E-state index contributed by atoms with van der Waals surface area (Å²) in [5.41, 5.74) is 0.672. The summed E-state index contributed by atoms with van der Waals surface area (Å²) in [6, 6.07) is 15.6. The molecule has 2 nitrogen and oxygen atoms in total. The summed E-state index contributed by atoms with van der Waals surface area (Å²) < 4.78 is 43.0. The SMILES string of the molecule is COC(=O)c1c(-c2ccc(C(F)(F)F)cc2)ccc2ccccc12. The van der Waals surface area contributed by atoms with Gasteiger partial charge in [0.25, 0.3) is 0 Å². The minimum absolute atomic E-state index is 0.343. The highest BCUT2D eigenvalue weighted by Crippen LogP contribution is 2.34. The molecule has 3 aromatic rings. The highest BCUT2D eigenvalue weighted by atomic mass is 19.4. The van der Waals surface area contributed by atoms with E-state index in [-0.39, 0.29) is 0 Å². The van der Waals surface area contributed by atoms with Crippen LogP contribution in [0.3, 0.4) is 0 Å². The summed E-state index contributed by atoms with van der Waals surface area (Å²) in [6.45, 7) is 0. The molecule has 0 saturated heterocycles. The van der Waals surface area contributed by atoms with Crippen LogP contribution in [-0.2, 0) is 10.9 Å². The second-order valence-electron chi connectivity index (χ2n) is 5.28. The number of hydrogen-bond acceptors (Lipinski definition) is 2. The summed E-state index contributed by atoms with van der Waals surface area (Å²) >= 11 is 0. The average Bonchev–Trinajstić information content (AvgIpc) is 2.59. The molecule has 5 heteroatoms. The highest BCUT2D eigenvalue weighted by Gasteiger charge is 2.30. The molecule has 0 amide bonds. The van der Waals surface area contributed by atoms with Crippen LogP contribution < -0.4 is 0 Å². The van der Waals surface area contributed by atoms with Gasteiger partial charge in [0.2, 0.25) is 0 Å². The maximum Gasteiger partial charge on any atom is 0.416 e. The number of alkyl halides is 3. The first-order chi connectivity index (χ1) is 11.4. The molecule has 0 bridgehead atoms. The minimum atomic E-state index is -4.40. The second kappa shape index (κ2) is 6.00. The third-order valence-electron chi connectivity index (χ3n) is 3.84. The molecular formula is C19H13F3O2. The van der Waals surface area contributed by atoms with Crippen LogP contribution in [0.1, 0.15) is 15.9 Å². The number of carbonyl (C=O) groups is 1. The van der Waals surface area contributed by atoms with E-state index < -0.39 is 17.7 Å². The molecule has 0 aliphatic carbocycles. The van der Waals surface area contributed by atoms with Crippen molar-refractivity contribution in [2.45, 2.75) is 6.18 Å². The number of benzene rings is 3. The van der Waals surface area contributed by atoms with Gasteiger partial charge in [0.1, 0.15) is 0 Å². The number of rotatable bonds is 2. The maximum absolute atomic E-state index is 12.7. The largest absolute Gasteiger partial charge is 0.465 e. The Balaban J connectivity index is 2.20. The lowest BCUT2D eigenvalue weighted by Gasteiger charge is -2.13. The number of halogens is 3. The molecule has 24 heavy (non-hydrogen) atoms. The Hall–Kier alpha value is -2.82. The summed E-state index contributed by atoms with van der Waals surface area (Å²) in [4.78, 5) is 12.2. The molecule has 122 valence electrons. The van der Waals surface area contributed by atoms with Crippen molar-refractivity contribution in [2.75, 3.05) is 7.11 Å². The molecule has 0 N–H and O–H groups in total. The molecule has 0 heterocycles. The van der Waals surface area contributed by atoms with E-state index in [0.29, 0.717) is 22.1 Å². The van der Waals surface area contributed by atoms with Gasteiger partial charge in [-0.15, -0.1) is 0 Å². The van der Waals surface area contributed by atoms with E-state index >= 15 is 0 Å². The lowest BCUT2D eigenvalue weighted by molar-refractivity contribution is -0.137. The van der Waals surface area contributed by atoms with Crippen molar-refractivity contribution in [2.24, 2.45) is 0 Å². The van der Waals surface area contributed by atoms with Gasteiger partial charge in [0.15, 0.2) is 0 Å². The van der Waals surface area contributed by atoms with E-state index in [2.05, 4.69) is 0 Å². The third kappa shape index (κ3) is 2.85. The molecule has 3 aromatic carbocycles. The quantitative estimate of drug-likeness (QED) is 0.595. The topological polar surface area (TPSA) is 26.3 Å². The van der Waals surface area contributed by atoms with E-state index in [1.165, 1.54) is 19.2 Å². The normalized spacial score (nSPS) is 11.5. The van der Waals surface area contributed by atoms with E-state index in [1.807, 2.05) is 18.2 Å². The van der Waals surface area contributed by atoms with Crippen LogP contribution in [0.4, 0.5) is 13.2 Å². The predicted molar refractivity (Wildman–Crippen MR) is 85.7 cm³/mol. The van der Waals surface area contributed by atoms with Crippen LogP contribution in [0.25, 0.3) is 21.9 Å². The molecule has 0 fully saturated rings. The first kappa shape index (κ1) is 16.1. The number of ether oxygens (including phenoxy) is 1. The Morgan fingerprint density at radius 3 is 2.21 bits per heavy atom. The van der Waals surface area contributed by atoms with Gasteiger partial charge in [0, 0.05) is 0 Å². The van der Waals surface area contributed by atoms with Gasteiger partial charge >= 0.3 is 12.1 Å². The lowest BCUT2D eigenvalue weighted by atomic mass is 9.93. The third-order valence-corrected chi connectivity index (χ3v) is 3.84. The van der Waals surface area contributed by atoms with Crippen LogP contribution in [0, 0.1) is 0 Å². The molecule has 0 unspecified atom stereocenters.